The van der Waals surface area contributed by atoms with Gasteiger partial charge in [0.2, 0.25) is 0 Å². The highest BCUT2D eigenvalue weighted by Gasteiger charge is 2.35. The van der Waals surface area contributed by atoms with Crippen molar-refractivity contribution in [3.05, 3.63) is 24.3 Å². The van der Waals surface area contributed by atoms with Gasteiger partial charge in [-0.15, -0.1) is 0 Å². The summed E-state index contributed by atoms with van der Waals surface area (Å²) < 4.78 is 31.5. The lowest BCUT2D eigenvalue weighted by Gasteiger charge is -2.11. The van der Waals surface area contributed by atoms with Crippen LogP contribution in [0.1, 0.15) is 6.92 Å². The van der Waals surface area contributed by atoms with Gasteiger partial charge in [-0.2, -0.15) is 0 Å². The van der Waals surface area contributed by atoms with Gasteiger partial charge >= 0.3 is 8.74 Å². The average molecular weight is 202 g/mol. The van der Waals surface area contributed by atoms with Crippen molar-refractivity contribution in [2.45, 2.75) is 13.0 Å². The zero-order valence-corrected chi connectivity index (χ0v) is 8.68. The molecule has 1 aromatic carbocycles. The molecule has 0 saturated heterocycles. The molecule has 0 amide bonds. The summed E-state index contributed by atoms with van der Waals surface area (Å²) in [4.78, 5) is 0. The van der Waals surface area contributed by atoms with Crippen LogP contribution in [0.25, 0.3) is 0 Å². The number of methoxy groups -OCH3 is 1. The molecular weight excluding hydrogens is 190 g/mol. The van der Waals surface area contributed by atoms with Crippen molar-refractivity contribution in [2.24, 2.45) is 0 Å². The minimum absolute atomic E-state index is 0.0554. The Bertz CT molecular complexity index is 289. The number of halogens is 2. The predicted molar refractivity (Wildman–Crippen MR) is 51.1 cm³/mol. The second-order valence-corrected chi connectivity index (χ2v) is 5.48. The third kappa shape index (κ3) is 2.27. The molecule has 0 bridgehead atoms. The van der Waals surface area contributed by atoms with E-state index >= 15 is 0 Å². The zero-order valence-electron chi connectivity index (χ0n) is 7.68. The first kappa shape index (κ1) is 10.2. The number of benzene rings is 1. The van der Waals surface area contributed by atoms with E-state index in [-0.39, 0.29) is 11.2 Å². The fourth-order valence-corrected chi connectivity index (χ4v) is 2.16. The van der Waals surface area contributed by atoms with E-state index in [1.807, 2.05) is 0 Å². The van der Waals surface area contributed by atoms with Crippen LogP contribution in [0.15, 0.2) is 24.3 Å². The van der Waals surface area contributed by atoms with Gasteiger partial charge < -0.3 is 4.74 Å². The Morgan fingerprint density at radius 2 is 2.08 bits per heavy atom. The van der Waals surface area contributed by atoms with Gasteiger partial charge in [-0.25, -0.2) is 0 Å². The van der Waals surface area contributed by atoms with Gasteiger partial charge in [0.25, 0.3) is 0 Å². The number of rotatable bonds is 3. The molecule has 0 aliphatic rings. The zero-order chi connectivity index (χ0) is 9.90. The predicted octanol–water partition coefficient (Wildman–Crippen LogP) is 2.30. The van der Waals surface area contributed by atoms with Crippen LogP contribution in [-0.2, 0) is 0 Å². The average Bonchev–Trinajstić information content (AvgIpc) is 2.18. The van der Waals surface area contributed by atoms with Crippen molar-refractivity contribution in [3.8, 4) is 5.75 Å². The van der Waals surface area contributed by atoms with Crippen molar-refractivity contribution < 1.29 is 13.0 Å². The highest BCUT2D eigenvalue weighted by Crippen LogP contribution is 2.16. The third-order valence-electron chi connectivity index (χ3n) is 1.94. The third-order valence-corrected chi connectivity index (χ3v) is 3.98. The first-order valence-electron chi connectivity index (χ1n) is 4.12. The molecule has 0 atom stereocenters. The molecule has 0 saturated carbocycles. The van der Waals surface area contributed by atoms with E-state index in [0.717, 1.165) is 0 Å². The highest BCUT2D eigenvalue weighted by molar-refractivity contribution is 6.79. The summed E-state index contributed by atoms with van der Waals surface area (Å²) in [5.41, 5.74) is 0. The molecule has 0 aliphatic carbocycles. The van der Waals surface area contributed by atoms with Gasteiger partial charge in [-0.3, -0.25) is 8.22 Å². The molecule has 0 fully saturated rings. The van der Waals surface area contributed by atoms with Gasteiger partial charge in [0.15, 0.2) is 0 Å². The van der Waals surface area contributed by atoms with Gasteiger partial charge in [-0.05, 0) is 18.2 Å². The fourth-order valence-electron chi connectivity index (χ4n) is 1.05. The summed E-state index contributed by atoms with van der Waals surface area (Å²) in [6, 6.07) is 6.11. The van der Waals surface area contributed by atoms with Crippen LogP contribution in [0.5, 0.6) is 5.75 Å². The first-order valence-corrected chi connectivity index (χ1v) is 6.09. The maximum atomic E-state index is 13.3. The topological polar surface area (TPSA) is 9.23 Å². The number of ether oxygens (including phenoxy) is 1. The van der Waals surface area contributed by atoms with E-state index in [2.05, 4.69) is 0 Å². The van der Waals surface area contributed by atoms with Crippen LogP contribution < -0.4 is 9.92 Å². The number of hydrogen-bond donors (Lipinski definition) is 0. The maximum absolute atomic E-state index is 13.3. The Kier molecular flexibility index (Phi) is 3.03. The standard InChI is InChI=1S/C9H12F2OSi/c1-3-13(10,11)9-6-4-5-8(7-9)12-2/h4-7H,3H2,1-2H3. The summed E-state index contributed by atoms with van der Waals surface area (Å²) in [7, 11) is -2.70. The normalized spacial score (nSPS) is 11.4. The largest absolute Gasteiger partial charge is 0.497 e. The smallest absolute Gasteiger partial charge is 0.455 e. The Labute approximate surface area is 77.7 Å². The van der Waals surface area contributed by atoms with Crippen LogP contribution in [0, 0.1) is 0 Å². The van der Waals surface area contributed by atoms with Crippen LogP contribution in [0.4, 0.5) is 8.22 Å². The van der Waals surface area contributed by atoms with Crippen LogP contribution >= 0.6 is 0 Å². The van der Waals surface area contributed by atoms with Crippen LogP contribution in [-0.4, -0.2) is 15.9 Å². The molecule has 0 radical (unpaired) electrons. The summed E-state index contributed by atoms with van der Waals surface area (Å²) in [6.07, 6.45) is 0. The Morgan fingerprint density at radius 3 is 2.62 bits per heavy atom. The number of hydrogen-bond acceptors (Lipinski definition) is 1. The van der Waals surface area contributed by atoms with Crippen molar-refractivity contribution in [1.29, 1.82) is 0 Å². The fraction of sp³-hybridized carbons (Fsp3) is 0.333. The summed E-state index contributed by atoms with van der Waals surface area (Å²) in [5.74, 6) is 0.498. The molecule has 4 heteroatoms. The lowest BCUT2D eigenvalue weighted by atomic mass is 10.3. The van der Waals surface area contributed by atoms with E-state index in [1.54, 1.807) is 12.1 Å². The van der Waals surface area contributed by atoms with Crippen molar-refractivity contribution in [3.63, 3.8) is 0 Å². The van der Waals surface area contributed by atoms with Crippen LogP contribution in [0.2, 0.25) is 6.04 Å². The Balaban J connectivity index is 3.01. The quantitative estimate of drug-likeness (QED) is 0.540. The lowest BCUT2D eigenvalue weighted by molar-refractivity contribution is 0.415. The van der Waals surface area contributed by atoms with E-state index < -0.39 is 8.74 Å². The Hall–Kier alpha value is -0.903. The highest BCUT2D eigenvalue weighted by atomic mass is 28.4. The van der Waals surface area contributed by atoms with Gasteiger partial charge in [0, 0.05) is 5.19 Å². The van der Waals surface area contributed by atoms with E-state index in [1.165, 1.54) is 26.2 Å². The van der Waals surface area contributed by atoms with Crippen LogP contribution in [0.3, 0.4) is 0 Å². The molecule has 0 aliphatic heterocycles. The monoisotopic (exact) mass is 202 g/mol. The molecule has 1 nitrogen and oxygen atoms in total. The molecular formula is C9H12F2OSi. The van der Waals surface area contributed by atoms with Crippen molar-refractivity contribution >= 4 is 13.9 Å². The van der Waals surface area contributed by atoms with Crippen molar-refractivity contribution in [1.82, 2.24) is 0 Å². The molecule has 13 heavy (non-hydrogen) atoms. The van der Waals surface area contributed by atoms with E-state index in [9.17, 15) is 8.22 Å². The van der Waals surface area contributed by atoms with Gasteiger partial charge in [-0.1, -0.05) is 19.1 Å². The Morgan fingerprint density at radius 1 is 1.38 bits per heavy atom. The molecule has 0 N–H and O–H groups in total. The van der Waals surface area contributed by atoms with E-state index in [4.69, 9.17) is 4.74 Å². The van der Waals surface area contributed by atoms with E-state index in [0.29, 0.717) is 5.75 Å². The molecule has 1 aromatic rings. The van der Waals surface area contributed by atoms with Crippen molar-refractivity contribution in [2.75, 3.05) is 7.11 Å². The summed E-state index contributed by atoms with van der Waals surface area (Å²) in [6.45, 7) is 1.52. The first-order chi connectivity index (χ1) is 6.10. The molecule has 0 heterocycles. The second-order valence-electron chi connectivity index (χ2n) is 2.79. The molecule has 72 valence electrons. The maximum Gasteiger partial charge on any atom is 0.455 e. The molecule has 0 spiro atoms. The van der Waals surface area contributed by atoms with Gasteiger partial charge in [0.05, 0.1) is 7.11 Å². The van der Waals surface area contributed by atoms with Gasteiger partial charge in [0.1, 0.15) is 5.75 Å². The summed E-state index contributed by atoms with van der Waals surface area (Å²) >= 11 is 0. The lowest BCUT2D eigenvalue weighted by Crippen LogP contribution is -2.37. The minimum Gasteiger partial charge on any atom is -0.497 e. The molecule has 0 aromatic heterocycles. The minimum atomic E-state index is -4.18. The summed E-state index contributed by atoms with van der Waals surface area (Å²) in [5, 5.41) is 0.148. The second kappa shape index (κ2) is 3.87. The molecule has 0 unspecified atom stereocenters. The molecule has 1 rings (SSSR count). The SMILES string of the molecule is CC[Si](F)(F)c1cccc(OC)c1.